The number of carbonyl (C=O) groups is 1. The summed E-state index contributed by atoms with van der Waals surface area (Å²) >= 11 is 0. The molecule has 3 N–H and O–H groups in total. The molecule has 0 bridgehead atoms. The van der Waals surface area contributed by atoms with Gasteiger partial charge in [0, 0.05) is 36.0 Å². The number of aromatic amines is 1. The minimum atomic E-state index is -0.234. The Morgan fingerprint density at radius 1 is 1.20 bits per heavy atom. The van der Waals surface area contributed by atoms with Crippen molar-refractivity contribution < 1.29 is 4.79 Å². The lowest BCUT2D eigenvalue weighted by atomic mass is 10.2. The molecule has 0 fully saturated rings. The van der Waals surface area contributed by atoms with Crippen LogP contribution in [0.1, 0.15) is 5.56 Å². The molecule has 1 aromatic carbocycles. The van der Waals surface area contributed by atoms with Gasteiger partial charge in [-0.2, -0.15) is 0 Å². The van der Waals surface area contributed by atoms with Crippen molar-refractivity contribution in [1.29, 1.82) is 0 Å². The highest BCUT2D eigenvalue weighted by atomic mass is 16.2. The van der Waals surface area contributed by atoms with E-state index in [-0.39, 0.29) is 6.03 Å². The van der Waals surface area contributed by atoms with E-state index in [1.165, 1.54) is 0 Å². The molecule has 100 valence electrons. The third-order valence-electron chi connectivity index (χ3n) is 3.02. The highest BCUT2D eigenvalue weighted by Crippen LogP contribution is 2.21. The van der Waals surface area contributed by atoms with Gasteiger partial charge in [0.25, 0.3) is 0 Å². The van der Waals surface area contributed by atoms with Crippen LogP contribution in [0.5, 0.6) is 0 Å². The van der Waals surface area contributed by atoms with Crippen LogP contribution in [0, 0.1) is 0 Å². The number of H-pyrrole nitrogens is 1. The first-order valence-electron chi connectivity index (χ1n) is 6.33. The summed E-state index contributed by atoms with van der Waals surface area (Å²) in [6.45, 7) is 0.447. The van der Waals surface area contributed by atoms with Gasteiger partial charge in [-0.25, -0.2) is 4.79 Å². The summed E-state index contributed by atoms with van der Waals surface area (Å²) in [5, 5.41) is 6.64. The van der Waals surface area contributed by atoms with Crippen LogP contribution in [0.15, 0.2) is 55.0 Å². The maximum absolute atomic E-state index is 11.9. The summed E-state index contributed by atoms with van der Waals surface area (Å²) in [5.74, 6) is 0. The molecule has 0 spiro atoms. The van der Waals surface area contributed by atoms with E-state index in [1.807, 2.05) is 42.6 Å². The van der Waals surface area contributed by atoms with Crippen LogP contribution < -0.4 is 10.6 Å². The molecular formula is C15H14N4O. The molecule has 3 rings (SSSR count). The number of pyridine rings is 1. The zero-order valence-corrected chi connectivity index (χ0v) is 10.8. The Balaban J connectivity index is 1.66. The van der Waals surface area contributed by atoms with Gasteiger partial charge in [0.15, 0.2) is 0 Å². The smallest absolute Gasteiger partial charge is 0.319 e. The van der Waals surface area contributed by atoms with E-state index in [1.54, 1.807) is 12.4 Å². The van der Waals surface area contributed by atoms with Gasteiger partial charge < -0.3 is 15.6 Å². The largest absolute Gasteiger partial charge is 0.361 e. The summed E-state index contributed by atoms with van der Waals surface area (Å²) in [5.41, 5.74) is 2.74. The van der Waals surface area contributed by atoms with Crippen LogP contribution in [0.4, 0.5) is 10.5 Å². The fourth-order valence-corrected chi connectivity index (χ4v) is 2.05. The number of hydrogen-bond acceptors (Lipinski definition) is 2. The number of aromatic nitrogens is 2. The standard InChI is InChI=1S/C15H14N4O/c20-15(18-10-11-3-2-7-16-9-11)19-14-5-1-4-13-12(14)6-8-17-13/h1-9,17H,10H2,(H2,18,19,20). The molecule has 2 heterocycles. The third-order valence-corrected chi connectivity index (χ3v) is 3.02. The van der Waals surface area contributed by atoms with Crippen molar-refractivity contribution in [3.63, 3.8) is 0 Å². The zero-order valence-electron chi connectivity index (χ0n) is 10.8. The fraction of sp³-hybridized carbons (Fsp3) is 0.0667. The maximum Gasteiger partial charge on any atom is 0.319 e. The highest BCUT2D eigenvalue weighted by Gasteiger charge is 2.05. The lowest BCUT2D eigenvalue weighted by Crippen LogP contribution is -2.28. The second-order valence-electron chi connectivity index (χ2n) is 4.41. The first kappa shape index (κ1) is 12.2. The van der Waals surface area contributed by atoms with Gasteiger partial charge in [0.1, 0.15) is 0 Å². The molecule has 0 aliphatic heterocycles. The lowest BCUT2D eigenvalue weighted by Gasteiger charge is -2.08. The Bertz CT molecular complexity index is 721. The van der Waals surface area contributed by atoms with Gasteiger partial charge in [-0.3, -0.25) is 4.98 Å². The number of urea groups is 1. The number of hydrogen-bond donors (Lipinski definition) is 3. The normalized spacial score (nSPS) is 10.4. The second kappa shape index (κ2) is 5.44. The average Bonchev–Trinajstić information content (AvgIpc) is 2.96. The van der Waals surface area contributed by atoms with E-state index in [4.69, 9.17) is 0 Å². The Morgan fingerprint density at radius 2 is 2.15 bits per heavy atom. The molecule has 0 aliphatic rings. The number of carbonyl (C=O) groups excluding carboxylic acids is 1. The molecule has 5 nitrogen and oxygen atoms in total. The van der Waals surface area contributed by atoms with Gasteiger partial charge in [-0.1, -0.05) is 12.1 Å². The van der Waals surface area contributed by atoms with Gasteiger partial charge in [0.05, 0.1) is 5.69 Å². The molecule has 0 aliphatic carbocycles. The number of rotatable bonds is 3. The van der Waals surface area contributed by atoms with E-state index >= 15 is 0 Å². The molecular weight excluding hydrogens is 252 g/mol. The van der Waals surface area contributed by atoms with Crippen LogP contribution in [-0.2, 0) is 6.54 Å². The molecule has 0 radical (unpaired) electrons. The minimum absolute atomic E-state index is 0.234. The Hall–Kier alpha value is -2.82. The third kappa shape index (κ3) is 2.61. The number of fused-ring (bicyclic) bond motifs is 1. The summed E-state index contributed by atoms with van der Waals surface area (Å²) in [4.78, 5) is 19.0. The first-order valence-corrected chi connectivity index (χ1v) is 6.33. The molecule has 0 saturated carbocycles. The average molecular weight is 266 g/mol. The fourth-order valence-electron chi connectivity index (χ4n) is 2.05. The monoisotopic (exact) mass is 266 g/mol. The molecule has 2 aromatic heterocycles. The predicted molar refractivity (Wildman–Crippen MR) is 78.4 cm³/mol. The first-order chi connectivity index (χ1) is 9.83. The SMILES string of the molecule is O=C(NCc1cccnc1)Nc1cccc2[nH]ccc12. The summed E-state index contributed by atoms with van der Waals surface area (Å²) in [7, 11) is 0. The van der Waals surface area contributed by atoms with Gasteiger partial charge in [0.2, 0.25) is 0 Å². The van der Waals surface area contributed by atoms with Gasteiger partial charge >= 0.3 is 6.03 Å². The number of amides is 2. The van der Waals surface area contributed by atoms with E-state index in [9.17, 15) is 4.79 Å². The van der Waals surface area contributed by atoms with Crippen molar-refractivity contribution in [2.45, 2.75) is 6.54 Å². The Morgan fingerprint density at radius 3 is 3.00 bits per heavy atom. The van der Waals surface area contributed by atoms with Gasteiger partial charge in [-0.15, -0.1) is 0 Å². The molecule has 0 unspecified atom stereocenters. The predicted octanol–water partition coefficient (Wildman–Crippen LogP) is 2.88. The van der Waals surface area contributed by atoms with E-state index < -0.39 is 0 Å². The van der Waals surface area contributed by atoms with Gasteiger partial charge in [-0.05, 0) is 29.8 Å². The van der Waals surface area contributed by atoms with E-state index in [0.717, 1.165) is 22.2 Å². The number of nitrogens with one attached hydrogen (secondary N) is 3. The van der Waals surface area contributed by atoms with Crippen LogP contribution in [-0.4, -0.2) is 16.0 Å². The van der Waals surface area contributed by atoms with Crippen LogP contribution in [0.2, 0.25) is 0 Å². The number of nitrogens with zero attached hydrogens (tertiary/aromatic N) is 1. The summed E-state index contributed by atoms with van der Waals surface area (Å²) in [6.07, 6.45) is 5.28. The van der Waals surface area contributed by atoms with Crippen LogP contribution in [0.25, 0.3) is 10.9 Å². The maximum atomic E-state index is 11.9. The number of benzene rings is 1. The van der Waals surface area contributed by atoms with Crippen molar-refractivity contribution in [1.82, 2.24) is 15.3 Å². The Kier molecular flexibility index (Phi) is 3.33. The van der Waals surface area contributed by atoms with Crippen molar-refractivity contribution in [3.8, 4) is 0 Å². The van der Waals surface area contributed by atoms with Crippen molar-refractivity contribution in [2.24, 2.45) is 0 Å². The van der Waals surface area contributed by atoms with Crippen molar-refractivity contribution >= 4 is 22.6 Å². The minimum Gasteiger partial charge on any atom is -0.361 e. The van der Waals surface area contributed by atoms with E-state index in [2.05, 4.69) is 20.6 Å². The van der Waals surface area contributed by atoms with Crippen molar-refractivity contribution in [2.75, 3.05) is 5.32 Å². The molecule has 3 aromatic rings. The summed E-state index contributed by atoms with van der Waals surface area (Å²) in [6, 6.07) is 11.2. The van der Waals surface area contributed by atoms with Crippen LogP contribution in [0.3, 0.4) is 0 Å². The van der Waals surface area contributed by atoms with Crippen LogP contribution >= 0.6 is 0 Å². The molecule has 20 heavy (non-hydrogen) atoms. The molecule has 5 heteroatoms. The lowest BCUT2D eigenvalue weighted by molar-refractivity contribution is 0.252. The van der Waals surface area contributed by atoms with Crippen molar-refractivity contribution in [3.05, 3.63) is 60.6 Å². The highest BCUT2D eigenvalue weighted by molar-refractivity contribution is 6.00. The molecule has 0 saturated heterocycles. The quantitative estimate of drug-likeness (QED) is 0.682. The zero-order chi connectivity index (χ0) is 13.8. The Labute approximate surface area is 116 Å². The van der Waals surface area contributed by atoms with E-state index in [0.29, 0.717) is 6.54 Å². The second-order valence-corrected chi connectivity index (χ2v) is 4.41. The number of anilines is 1. The summed E-state index contributed by atoms with van der Waals surface area (Å²) < 4.78 is 0. The molecule has 2 amide bonds. The molecule has 0 atom stereocenters. The topological polar surface area (TPSA) is 69.8 Å².